The molecule has 106 valence electrons. The van der Waals surface area contributed by atoms with Crippen molar-refractivity contribution in [3.05, 3.63) is 11.9 Å². The first-order valence-corrected chi connectivity index (χ1v) is 7.06. The average molecular weight is 264 g/mol. The van der Waals surface area contributed by atoms with E-state index in [2.05, 4.69) is 34.0 Å². The average Bonchev–Trinajstić information content (AvgIpc) is 2.76. The molecular weight excluding hydrogens is 240 g/mol. The topological polar surface area (TPSA) is 61.3 Å². The lowest BCUT2D eigenvalue weighted by Gasteiger charge is -2.19. The van der Waals surface area contributed by atoms with Crippen LogP contribution in [0, 0.1) is 12.8 Å². The Morgan fingerprint density at radius 2 is 2.26 bits per heavy atom. The fourth-order valence-electron chi connectivity index (χ4n) is 2.54. The van der Waals surface area contributed by atoms with Gasteiger partial charge in [0.15, 0.2) is 0 Å². The highest BCUT2D eigenvalue weighted by Gasteiger charge is 2.23. The number of hydrogen-bond acceptors (Lipinski definition) is 5. The van der Waals surface area contributed by atoms with Crippen molar-refractivity contribution >= 4 is 11.6 Å². The van der Waals surface area contributed by atoms with Crippen LogP contribution in [0.1, 0.15) is 32.5 Å². The van der Waals surface area contributed by atoms with Gasteiger partial charge in [-0.25, -0.2) is 9.97 Å². The molecule has 0 bridgehead atoms. The van der Waals surface area contributed by atoms with Crippen LogP contribution in [0.4, 0.5) is 11.6 Å². The van der Waals surface area contributed by atoms with Gasteiger partial charge in [0.2, 0.25) is 0 Å². The predicted octanol–water partition coefficient (Wildman–Crippen LogP) is 1.81. The molecule has 2 N–H and O–H groups in total. The molecular formula is C14H24N4O. The summed E-state index contributed by atoms with van der Waals surface area (Å²) in [5, 5.41) is 12.3. The van der Waals surface area contributed by atoms with Crippen LogP contribution in [0.5, 0.6) is 0 Å². The molecule has 2 heterocycles. The third kappa shape index (κ3) is 3.80. The van der Waals surface area contributed by atoms with Gasteiger partial charge >= 0.3 is 0 Å². The number of aliphatic hydroxyl groups excluding tert-OH is 1. The third-order valence-corrected chi connectivity index (χ3v) is 3.41. The van der Waals surface area contributed by atoms with Crippen LogP contribution in [-0.4, -0.2) is 40.8 Å². The van der Waals surface area contributed by atoms with Crippen LogP contribution in [0.25, 0.3) is 0 Å². The number of rotatable bonds is 5. The first kappa shape index (κ1) is 14.1. The smallest absolute Gasteiger partial charge is 0.134 e. The molecule has 0 amide bonds. The maximum Gasteiger partial charge on any atom is 0.134 e. The summed E-state index contributed by atoms with van der Waals surface area (Å²) in [6, 6.07) is 2.39. The highest BCUT2D eigenvalue weighted by molar-refractivity contribution is 5.50. The van der Waals surface area contributed by atoms with Gasteiger partial charge in [0, 0.05) is 31.8 Å². The monoisotopic (exact) mass is 264 g/mol. The standard InChI is InChI=1S/C14H24N4O/c1-10(2)15-13-8-14(17-11(3)16-13)18-6-4-12(9-18)5-7-19/h8,10,12,19H,4-7,9H2,1-3H3,(H,15,16,17). The van der Waals surface area contributed by atoms with E-state index in [0.717, 1.165) is 43.4 Å². The predicted molar refractivity (Wildman–Crippen MR) is 77.6 cm³/mol. The maximum absolute atomic E-state index is 9.02. The van der Waals surface area contributed by atoms with Crippen LogP contribution in [0.15, 0.2) is 6.07 Å². The molecule has 5 nitrogen and oxygen atoms in total. The second-order valence-corrected chi connectivity index (χ2v) is 5.57. The summed E-state index contributed by atoms with van der Waals surface area (Å²) in [5.41, 5.74) is 0. The van der Waals surface area contributed by atoms with Crippen LogP contribution in [0.2, 0.25) is 0 Å². The molecule has 1 unspecified atom stereocenters. The van der Waals surface area contributed by atoms with E-state index in [-0.39, 0.29) is 6.61 Å². The van der Waals surface area contributed by atoms with E-state index in [9.17, 15) is 0 Å². The highest BCUT2D eigenvalue weighted by atomic mass is 16.3. The van der Waals surface area contributed by atoms with Gasteiger partial charge in [0.05, 0.1) is 0 Å². The molecule has 1 fully saturated rings. The zero-order valence-electron chi connectivity index (χ0n) is 12.1. The van der Waals surface area contributed by atoms with Crippen molar-refractivity contribution in [1.29, 1.82) is 0 Å². The molecule has 19 heavy (non-hydrogen) atoms. The number of nitrogens with zero attached hydrogens (tertiary/aromatic N) is 3. The molecule has 0 aliphatic carbocycles. The van der Waals surface area contributed by atoms with Crippen LogP contribution >= 0.6 is 0 Å². The molecule has 1 atom stereocenters. The number of aryl methyl sites for hydroxylation is 1. The van der Waals surface area contributed by atoms with Gasteiger partial charge in [-0.2, -0.15) is 0 Å². The molecule has 0 spiro atoms. The van der Waals surface area contributed by atoms with E-state index < -0.39 is 0 Å². The van der Waals surface area contributed by atoms with Gasteiger partial charge < -0.3 is 15.3 Å². The second-order valence-electron chi connectivity index (χ2n) is 5.57. The minimum Gasteiger partial charge on any atom is -0.396 e. The molecule has 1 aromatic rings. The number of anilines is 2. The van der Waals surface area contributed by atoms with E-state index in [1.807, 2.05) is 13.0 Å². The Labute approximate surface area is 115 Å². The molecule has 0 saturated carbocycles. The zero-order chi connectivity index (χ0) is 13.8. The van der Waals surface area contributed by atoms with Gasteiger partial charge in [-0.3, -0.25) is 0 Å². The molecule has 1 aromatic heterocycles. The van der Waals surface area contributed by atoms with E-state index in [1.54, 1.807) is 0 Å². The van der Waals surface area contributed by atoms with Gasteiger partial charge in [0.25, 0.3) is 0 Å². The Morgan fingerprint density at radius 3 is 2.95 bits per heavy atom. The first-order chi connectivity index (χ1) is 9.08. The molecule has 5 heteroatoms. The Kier molecular flexibility index (Phi) is 4.58. The fourth-order valence-corrected chi connectivity index (χ4v) is 2.54. The summed E-state index contributed by atoms with van der Waals surface area (Å²) in [6.45, 7) is 8.41. The molecule has 1 aliphatic rings. The van der Waals surface area contributed by atoms with Crippen molar-refractivity contribution in [3.63, 3.8) is 0 Å². The van der Waals surface area contributed by atoms with E-state index >= 15 is 0 Å². The van der Waals surface area contributed by atoms with Gasteiger partial charge in [0.1, 0.15) is 17.5 Å². The Bertz CT molecular complexity index is 422. The molecule has 0 radical (unpaired) electrons. The van der Waals surface area contributed by atoms with Crippen molar-refractivity contribution < 1.29 is 5.11 Å². The SMILES string of the molecule is Cc1nc(NC(C)C)cc(N2CCC(CCO)C2)n1. The Morgan fingerprint density at radius 1 is 1.47 bits per heavy atom. The molecule has 1 aliphatic heterocycles. The molecule has 0 aromatic carbocycles. The first-order valence-electron chi connectivity index (χ1n) is 7.06. The largest absolute Gasteiger partial charge is 0.396 e. The highest BCUT2D eigenvalue weighted by Crippen LogP contribution is 2.25. The van der Waals surface area contributed by atoms with Crippen molar-refractivity contribution in [3.8, 4) is 0 Å². The fraction of sp³-hybridized carbons (Fsp3) is 0.714. The summed E-state index contributed by atoms with van der Waals surface area (Å²) in [6.07, 6.45) is 2.02. The lowest BCUT2D eigenvalue weighted by atomic mass is 10.1. The summed E-state index contributed by atoms with van der Waals surface area (Å²) in [4.78, 5) is 11.2. The maximum atomic E-state index is 9.02. The minimum atomic E-state index is 0.279. The Hall–Kier alpha value is -1.36. The number of aliphatic hydroxyl groups is 1. The lowest BCUT2D eigenvalue weighted by Crippen LogP contribution is -2.22. The van der Waals surface area contributed by atoms with Crippen LogP contribution < -0.4 is 10.2 Å². The summed E-state index contributed by atoms with van der Waals surface area (Å²) in [7, 11) is 0. The number of nitrogens with one attached hydrogen (secondary N) is 1. The van der Waals surface area contributed by atoms with Crippen molar-refractivity contribution in [2.45, 2.75) is 39.7 Å². The van der Waals surface area contributed by atoms with Gasteiger partial charge in [-0.1, -0.05) is 0 Å². The second kappa shape index (κ2) is 6.19. The van der Waals surface area contributed by atoms with Crippen molar-refractivity contribution in [2.24, 2.45) is 5.92 Å². The Balaban J connectivity index is 2.09. The lowest BCUT2D eigenvalue weighted by molar-refractivity contribution is 0.263. The summed E-state index contributed by atoms with van der Waals surface area (Å²) < 4.78 is 0. The molecule has 2 rings (SSSR count). The normalized spacial score (nSPS) is 19.2. The van der Waals surface area contributed by atoms with Crippen LogP contribution in [-0.2, 0) is 0 Å². The molecule has 1 saturated heterocycles. The van der Waals surface area contributed by atoms with Gasteiger partial charge in [-0.05, 0) is 39.5 Å². The third-order valence-electron chi connectivity index (χ3n) is 3.41. The van der Waals surface area contributed by atoms with Gasteiger partial charge in [-0.15, -0.1) is 0 Å². The quantitative estimate of drug-likeness (QED) is 0.849. The van der Waals surface area contributed by atoms with Crippen molar-refractivity contribution in [2.75, 3.05) is 29.9 Å². The van der Waals surface area contributed by atoms with Crippen molar-refractivity contribution in [1.82, 2.24) is 9.97 Å². The minimum absolute atomic E-state index is 0.279. The van der Waals surface area contributed by atoms with E-state index in [1.165, 1.54) is 0 Å². The van der Waals surface area contributed by atoms with Crippen LogP contribution in [0.3, 0.4) is 0 Å². The number of aromatic nitrogens is 2. The summed E-state index contributed by atoms with van der Waals surface area (Å²) in [5.74, 6) is 3.27. The van der Waals surface area contributed by atoms with E-state index in [4.69, 9.17) is 5.11 Å². The zero-order valence-corrected chi connectivity index (χ0v) is 12.1. The summed E-state index contributed by atoms with van der Waals surface area (Å²) >= 11 is 0. The van der Waals surface area contributed by atoms with E-state index in [0.29, 0.717) is 12.0 Å². The number of hydrogen-bond donors (Lipinski definition) is 2.